The number of hydrogen-bond donors (Lipinski definition) is 0. The van der Waals surface area contributed by atoms with E-state index in [2.05, 4.69) is 15.9 Å². The second-order valence-electron chi connectivity index (χ2n) is 3.33. The van der Waals surface area contributed by atoms with E-state index >= 15 is 0 Å². The highest BCUT2D eigenvalue weighted by Crippen LogP contribution is 2.29. The van der Waals surface area contributed by atoms with Crippen molar-refractivity contribution in [3.63, 3.8) is 0 Å². The maximum absolute atomic E-state index is 13.4. The third kappa shape index (κ3) is 2.71. The van der Waals surface area contributed by atoms with Crippen LogP contribution in [-0.4, -0.2) is 6.29 Å². The topological polar surface area (TPSA) is 26.3 Å². The van der Waals surface area contributed by atoms with Crippen LogP contribution in [0.25, 0.3) is 0 Å². The van der Waals surface area contributed by atoms with Crippen molar-refractivity contribution >= 4 is 22.2 Å². The minimum atomic E-state index is -0.468. The molecule has 0 aliphatic carbocycles. The number of ether oxygens (including phenoxy) is 1. The summed E-state index contributed by atoms with van der Waals surface area (Å²) >= 11 is 3.27. The molecule has 0 radical (unpaired) electrons. The lowest BCUT2D eigenvalue weighted by Gasteiger charge is -2.08. The summed E-state index contributed by atoms with van der Waals surface area (Å²) in [5.74, 6) is -0.0579. The predicted octanol–water partition coefficient (Wildman–Crippen LogP) is 4.19. The first-order valence-electron chi connectivity index (χ1n) is 4.88. The second-order valence-corrected chi connectivity index (χ2v) is 4.25. The van der Waals surface area contributed by atoms with E-state index in [1.807, 2.05) is 0 Å². The molecule has 0 aromatic heterocycles. The van der Waals surface area contributed by atoms with Gasteiger partial charge in [0.25, 0.3) is 0 Å². The zero-order chi connectivity index (χ0) is 12.3. The molecule has 0 aliphatic heterocycles. The minimum absolute atomic E-state index is 0.0914. The monoisotopic (exact) mass is 294 g/mol. The van der Waals surface area contributed by atoms with Crippen LogP contribution in [-0.2, 0) is 0 Å². The molecular weight excluding hydrogens is 287 g/mol. The largest absolute Gasteiger partial charge is 0.453 e. The van der Waals surface area contributed by atoms with Crippen molar-refractivity contribution in [2.75, 3.05) is 0 Å². The second kappa shape index (κ2) is 5.10. The average Bonchev–Trinajstić information content (AvgIpc) is 2.32. The summed E-state index contributed by atoms with van der Waals surface area (Å²) in [5.41, 5.74) is 0.372. The Morgan fingerprint density at radius 1 is 1.12 bits per heavy atom. The van der Waals surface area contributed by atoms with E-state index in [1.165, 1.54) is 12.1 Å². The van der Waals surface area contributed by atoms with Crippen molar-refractivity contribution in [1.82, 2.24) is 0 Å². The van der Waals surface area contributed by atoms with Crippen LogP contribution in [0, 0.1) is 5.82 Å². The molecular formula is C13H8BrFO2. The van der Waals surface area contributed by atoms with Crippen molar-refractivity contribution in [3.8, 4) is 11.5 Å². The number of benzene rings is 2. The quantitative estimate of drug-likeness (QED) is 0.793. The molecule has 0 saturated heterocycles. The lowest BCUT2D eigenvalue weighted by Crippen LogP contribution is -1.92. The average molecular weight is 295 g/mol. The molecule has 2 aromatic carbocycles. The molecule has 0 atom stereocenters. The summed E-state index contributed by atoms with van der Waals surface area (Å²) in [4.78, 5) is 10.8. The van der Waals surface area contributed by atoms with Gasteiger partial charge in [-0.3, -0.25) is 4.79 Å². The van der Waals surface area contributed by atoms with Gasteiger partial charge in [-0.1, -0.05) is 28.1 Å². The van der Waals surface area contributed by atoms with E-state index in [9.17, 15) is 9.18 Å². The fourth-order valence-corrected chi connectivity index (χ4v) is 1.68. The zero-order valence-electron chi connectivity index (χ0n) is 8.69. The van der Waals surface area contributed by atoms with Gasteiger partial charge in [-0.2, -0.15) is 0 Å². The number of carbonyl (C=O) groups is 1. The molecule has 0 amide bonds. The first kappa shape index (κ1) is 11.8. The van der Waals surface area contributed by atoms with Crippen molar-refractivity contribution in [2.45, 2.75) is 0 Å². The van der Waals surface area contributed by atoms with Crippen LogP contribution in [0.3, 0.4) is 0 Å². The molecule has 0 fully saturated rings. The van der Waals surface area contributed by atoms with Gasteiger partial charge in [0.05, 0.1) is 5.56 Å². The highest BCUT2D eigenvalue weighted by molar-refractivity contribution is 9.10. The molecule has 0 heterocycles. The van der Waals surface area contributed by atoms with Gasteiger partial charge in [0.1, 0.15) is 5.75 Å². The summed E-state index contributed by atoms with van der Waals surface area (Å²) in [6.07, 6.45) is 0.669. The van der Waals surface area contributed by atoms with Crippen LogP contribution < -0.4 is 4.74 Å². The fraction of sp³-hybridized carbons (Fsp3) is 0. The van der Waals surface area contributed by atoms with Crippen molar-refractivity contribution in [1.29, 1.82) is 0 Å². The number of carbonyl (C=O) groups excluding carboxylic acids is 1. The normalized spacial score (nSPS) is 10.0. The molecule has 2 aromatic rings. The summed E-state index contributed by atoms with van der Waals surface area (Å²) < 4.78 is 19.5. The molecule has 0 aliphatic rings. The fourth-order valence-electron chi connectivity index (χ4n) is 1.34. The van der Waals surface area contributed by atoms with E-state index in [1.54, 1.807) is 30.3 Å². The lowest BCUT2D eigenvalue weighted by molar-refractivity contribution is 0.112. The Hall–Kier alpha value is -1.68. The van der Waals surface area contributed by atoms with E-state index in [-0.39, 0.29) is 5.75 Å². The van der Waals surface area contributed by atoms with Crippen LogP contribution >= 0.6 is 15.9 Å². The highest BCUT2D eigenvalue weighted by atomic mass is 79.9. The van der Waals surface area contributed by atoms with Gasteiger partial charge in [-0.15, -0.1) is 0 Å². The van der Waals surface area contributed by atoms with Gasteiger partial charge in [-0.25, -0.2) is 4.39 Å². The summed E-state index contributed by atoms with van der Waals surface area (Å²) in [7, 11) is 0. The molecule has 0 unspecified atom stereocenters. The zero-order valence-corrected chi connectivity index (χ0v) is 10.3. The first-order chi connectivity index (χ1) is 8.20. The van der Waals surface area contributed by atoms with Crippen LogP contribution in [0.2, 0.25) is 0 Å². The first-order valence-corrected chi connectivity index (χ1v) is 5.67. The van der Waals surface area contributed by atoms with E-state index in [4.69, 9.17) is 4.74 Å². The molecule has 4 heteroatoms. The van der Waals surface area contributed by atoms with Gasteiger partial charge in [-0.05, 0) is 30.3 Å². The van der Waals surface area contributed by atoms with E-state index < -0.39 is 5.82 Å². The third-order valence-electron chi connectivity index (χ3n) is 2.16. The lowest BCUT2D eigenvalue weighted by atomic mass is 10.2. The van der Waals surface area contributed by atoms with E-state index in [0.29, 0.717) is 17.6 Å². The molecule has 86 valence electrons. The predicted molar refractivity (Wildman–Crippen MR) is 66.0 cm³/mol. The van der Waals surface area contributed by atoms with Gasteiger partial charge in [0.2, 0.25) is 0 Å². The maximum atomic E-state index is 13.4. The number of aldehydes is 1. The van der Waals surface area contributed by atoms with Gasteiger partial charge >= 0.3 is 0 Å². The third-order valence-corrected chi connectivity index (χ3v) is 2.65. The molecule has 2 rings (SSSR count). The smallest absolute Gasteiger partial charge is 0.165 e. The molecule has 0 spiro atoms. The number of halogens is 2. The number of rotatable bonds is 3. The highest BCUT2D eigenvalue weighted by Gasteiger charge is 2.08. The van der Waals surface area contributed by atoms with Crippen molar-refractivity contribution in [3.05, 3.63) is 58.3 Å². The molecule has 0 saturated carbocycles. The van der Waals surface area contributed by atoms with Gasteiger partial charge in [0, 0.05) is 4.47 Å². The summed E-state index contributed by atoms with van der Waals surface area (Å²) in [6.45, 7) is 0. The minimum Gasteiger partial charge on any atom is -0.453 e. The maximum Gasteiger partial charge on any atom is 0.165 e. The molecule has 17 heavy (non-hydrogen) atoms. The van der Waals surface area contributed by atoms with E-state index in [0.717, 1.165) is 4.47 Å². The Morgan fingerprint density at radius 3 is 2.59 bits per heavy atom. The SMILES string of the molecule is O=Cc1ccc(Br)cc1Oc1ccccc1F. The number of hydrogen-bond acceptors (Lipinski definition) is 2. The van der Waals surface area contributed by atoms with Crippen LogP contribution in [0.15, 0.2) is 46.9 Å². The van der Waals surface area contributed by atoms with Crippen LogP contribution in [0.4, 0.5) is 4.39 Å². The Bertz CT molecular complexity index is 555. The van der Waals surface area contributed by atoms with Gasteiger partial charge < -0.3 is 4.74 Å². The summed E-state index contributed by atoms with van der Waals surface area (Å²) in [5, 5.41) is 0. The van der Waals surface area contributed by atoms with Gasteiger partial charge in [0.15, 0.2) is 17.9 Å². The van der Waals surface area contributed by atoms with Crippen molar-refractivity contribution < 1.29 is 13.9 Å². The molecule has 2 nitrogen and oxygen atoms in total. The van der Waals surface area contributed by atoms with Crippen LogP contribution in [0.1, 0.15) is 10.4 Å². The van der Waals surface area contributed by atoms with Crippen LogP contribution in [0.5, 0.6) is 11.5 Å². The molecule has 0 bridgehead atoms. The Kier molecular flexibility index (Phi) is 3.54. The standard InChI is InChI=1S/C13H8BrFO2/c14-10-6-5-9(8-16)13(7-10)17-12-4-2-1-3-11(12)15/h1-8H. The summed E-state index contributed by atoms with van der Waals surface area (Å²) in [6, 6.07) is 11.0. The Balaban J connectivity index is 2.39. The Labute approximate surface area is 106 Å². The molecule has 0 N–H and O–H groups in total. The Morgan fingerprint density at radius 2 is 1.88 bits per heavy atom. The van der Waals surface area contributed by atoms with Crippen molar-refractivity contribution in [2.24, 2.45) is 0 Å². The number of para-hydroxylation sites is 1.